The summed E-state index contributed by atoms with van der Waals surface area (Å²) >= 11 is 0. The summed E-state index contributed by atoms with van der Waals surface area (Å²) in [5, 5.41) is 3.62. The zero-order valence-corrected chi connectivity index (χ0v) is 13.5. The smallest absolute Gasteiger partial charge is 0.122 e. The van der Waals surface area contributed by atoms with Crippen molar-refractivity contribution in [2.75, 3.05) is 20.8 Å². The normalized spacial score (nSPS) is 14.3. The molecule has 1 aromatic rings. The predicted octanol–water partition coefficient (Wildman–Crippen LogP) is 3.28. The Morgan fingerprint density at radius 3 is 2.40 bits per heavy atom. The van der Waals surface area contributed by atoms with E-state index in [1.54, 1.807) is 14.2 Å². The highest BCUT2D eigenvalue weighted by Gasteiger charge is 2.24. The Hall–Kier alpha value is -1.06. The van der Waals surface area contributed by atoms with Gasteiger partial charge in [-0.05, 0) is 36.9 Å². The first-order chi connectivity index (χ1) is 9.63. The molecule has 0 spiro atoms. The van der Waals surface area contributed by atoms with E-state index in [1.165, 1.54) is 5.56 Å². The van der Waals surface area contributed by atoms with E-state index in [9.17, 15) is 0 Å². The highest BCUT2D eigenvalue weighted by atomic mass is 16.5. The summed E-state index contributed by atoms with van der Waals surface area (Å²) < 4.78 is 11.2. The fraction of sp³-hybridized carbons (Fsp3) is 0.647. The van der Waals surface area contributed by atoms with Crippen LogP contribution in [-0.2, 0) is 11.2 Å². The third-order valence-corrected chi connectivity index (χ3v) is 3.61. The Labute approximate surface area is 123 Å². The average Bonchev–Trinajstić information content (AvgIpc) is 2.45. The number of para-hydroxylation sites is 1. The van der Waals surface area contributed by atoms with E-state index < -0.39 is 0 Å². The van der Waals surface area contributed by atoms with Crippen LogP contribution in [0.25, 0.3) is 0 Å². The van der Waals surface area contributed by atoms with Crippen molar-refractivity contribution in [3.05, 3.63) is 29.8 Å². The standard InChI is InChI=1S/C17H29NO2/c1-6-11-18-15(17(20-5)13(2)3)12-14-9-7-8-10-16(14)19-4/h7-10,13,15,17-18H,6,11-12H2,1-5H3. The second kappa shape index (κ2) is 8.98. The van der Waals surface area contributed by atoms with Crippen LogP contribution in [-0.4, -0.2) is 32.9 Å². The van der Waals surface area contributed by atoms with Gasteiger partial charge < -0.3 is 14.8 Å². The van der Waals surface area contributed by atoms with Crippen molar-refractivity contribution in [3.63, 3.8) is 0 Å². The third kappa shape index (κ3) is 4.80. The van der Waals surface area contributed by atoms with Gasteiger partial charge in [0.15, 0.2) is 0 Å². The van der Waals surface area contributed by atoms with Crippen molar-refractivity contribution in [1.29, 1.82) is 0 Å². The van der Waals surface area contributed by atoms with E-state index in [-0.39, 0.29) is 6.10 Å². The van der Waals surface area contributed by atoms with Crippen molar-refractivity contribution < 1.29 is 9.47 Å². The maximum atomic E-state index is 5.71. The number of benzene rings is 1. The molecule has 2 unspecified atom stereocenters. The van der Waals surface area contributed by atoms with Crippen molar-refractivity contribution in [2.24, 2.45) is 5.92 Å². The minimum Gasteiger partial charge on any atom is -0.496 e. The average molecular weight is 279 g/mol. The lowest BCUT2D eigenvalue weighted by molar-refractivity contribution is 0.0331. The zero-order valence-electron chi connectivity index (χ0n) is 13.5. The molecule has 0 aliphatic heterocycles. The molecular weight excluding hydrogens is 250 g/mol. The maximum Gasteiger partial charge on any atom is 0.122 e. The Balaban J connectivity index is 2.87. The third-order valence-electron chi connectivity index (χ3n) is 3.61. The van der Waals surface area contributed by atoms with Gasteiger partial charge in [-0.3, -0.25) is 0 Å². The zero-order chi connectivity index (χ0) is 15.0. The van der Waals surface area contributed by atoms with E-state index in [4.69, 9.17) is 9.47 Å². The molecular formula is C17H29NO2. The van der Waals surface area contributed by atoms with Gasteiger partial charge in [0.05, 0.1) is 13.2 Å². The molecule has 114 valence electrons. The summed E-state index contributed by atoms with van der Waals surface area (Å²) in [4.78, 5) is 0. The van der Waals surface area contributed by atoms with Gasteiger partial charge >= 0.3 is 0 Å². The predicted molar refractivity (Wildman–Crippen MR) is 84.4 cm³/mol. The van der Waals surface area contributed by atoms with Crippen LogP contribution in [0.5, 0.6) is 5.75 Å². The van der Waals surface area contributed by atoms with Crippen LogP contribution >= 0.6 is 0 Å². The minimum absolute atomic E-state index is 0.200. The van der Waals surface area contributed by atoms with Gasteiger partial charge in [0.1, 0.15) is 5.75 Å². The molecule has 3 nitrogen and oxygen atoms in total. The Bertz CT molecular complexity index is 379. The lowest BCUT2D eigenvalue weighted by Gasteiger charge is -2.30. The maximum absolute atomic E-state index is 5.71. The van der Waals surface area contributed by atoms with Crippen molar-refractivity contribution in [1.82, 2.24) is 5.32 Å². The molecule has 1 N–H and O–H groups in total. The summed E-state index contributed by atoms with van der Waals surface area (Å²) in [6.07, 6.45) is 2.24. The van der Waals surface area contributed by atoms with Gasteiger partial charge in [-0.2, -0.15) is 0 Å². The lowest BCUT2D eigenvalue weighted by Crippen LogP contribution is -2.45. The number of ether oxygens (including phenoxy) is 2. The van der Waals surface area contributed by atoms with Gasteiger partial charge in [-0.1, -0.05) is 39.0 Å². The van der Waals surface area contributed by atoms with E-state index in [2.05, 4.69) is 38.2 Å². The molecule has 0 aliphatic rings. The lowest BCUT2D eigenvalue weighted by atomic mass is 9.93. The van der Waals surface area contributed by atoms with Crippen molar-refractivity contribution >= 4 is 0 Å². The van der Waals surface area contributed by atoms with Crippen LogP contribution in [0.3, 0.4) is 0 Å². The fourth-order valence-corrected chi connectivity index (χ4v) is 2.64. The molecule has 0 fully saturated rings. The second-order valence-corrected chi connectivity index (χ2v) is 5.52. The topological polar surface area (TPSA) is 30.5 Å². The molecule has 3 heteroatoms. The van der Waals surface area contributed by atoms with E-state index in [1.807, 2.05) is 12.1 Å². The molecule has 1 aromatic carbocycles. The Kier molecular flexibility index (Phi) is 7.63. The largest absolute Gasteiger partial charge is 0.496 e. The molecule has 0 aromatic heterocycles. The van der Waals surface area contributed by atoms with E-state index in [0.717, 1.165) is 25.1 Å². The number of methoxy groups -OCH3 is 2. The van der Waals surface area contributed by atoms with Gasteiger partial charge in [0.2, 0.25) is 0 Å². The molecule has 0 amide bonds. The summed E-state index contributed by atoms with van der Waals surface area (Å²) in [7, 11) is 3.52. The fourth-order valence-electron chi connectivity index (χ4n) is 2.64. The van der Waals surface area contributed by atoms with Crippen LogP contribution in [0.15, 0.2) is 24.3 Å². The summed E-state index contributed by atoms with van der Waals surface area (Å²) in [5.74, 6) is 1.43. The van der Waals surface area contributed by atoms with Crippen LogP contribution in [0.1, 0.15) is 32.8 Å². The number of hydrogen-bond acceptors (Lipinski definition) is 3. The second-order valence-electron chi connectivity index (χ2n) is 5.52. The Morgan fingerprint density at radius 2 is 1.85 bits per heavy atom. The summed E-state index contributed by atoms with van der Waals surface area (Å²) in [5.41, 5.74) is 1.23. The van der Waals surface area contributed by atoms with Crippen LogP contribution in [0.2, 0.25) is 0 Å². The molecule has 20 heavy (non-hydrogen) atoms. The summed E-state index contributed by atoms with van der Waals surface area (Å²) in [6, 6.07) is 8.52. The molecule has 0 saturated carbocycles. The first-order valence-corrected chi connectivity index (χ1v) is 7.52. The molecule has 0 radical (unpaired) electrons. The van der Waals surface area contributed by atoms with Crippen molar-refractivity contribution in [2.45, 2.75) is 45.8 Å². The number of rotatable bonds is 9. The SMILES string of the molecule is CCCNC(Cc1ccccc1OC)C(OC)C(C)C. The molecule has 0 aliphatic carbocycles. The van der Waals surface area contributed by atoms with Gasteiger partial charge in [0, 0.05) is 13.2 Å². The van der Waals surface area contributed by atoms with Gasteiger partial charge in [0.25, 0.3) is 0 Å². The number of nitrogens with one attached hydrogen (secondary N) is 1. The number of hydrogen-bond donors (Lipinski definition) is 1. The summed E-state index contributed by atoms with van der Waals surface area (Å²) in [6.45, 7) is 7.60. The van der Waals surface area contributed by atoms with Gasteiger partial charge in [-0.15, -0.1) is 0 Å². The minimum atomic E-state index is 0.200. The highest BCUT2D eigenvalue weighted by molar-refractivity contribution is 5.34. The van der Waals surface area contributed by atoms with Crippen molar-refractivity contribution in [3.8, 4) is 5.75 Å². The van der Waals surface area contributed by atoms with Crippen LogP contribution in [0, 0.1) is 5.92 Å². The molecule has 0 bridgehead atoms. The molecule has 0 saturated heterocycles. The van der Waals surface area contributed by atoms with Crippen LogP contribution < -0.4 is 10.1 Å². The first-order valence-electron chi connectivity index (χ1n) is 7.52. The molecule has 2 atom stereocenters. The van der Waals surface area contributed by atoms with E-state index in [0.29, 0.717) is 12.0 Å². The monoisotopic (exact) mass is 279 g/mol. The molecule has 0 heterocycles. The quantitative estimate of drug-likeness (QED) is 0.752. The molecule has 1 rings (SSSR count). The Morgan fingerprint density at radius 1 is 1.15 bits per heavy atom. The van der Waals surface area contributed by atoms with Gasteiger partial charge in [-0.25, -0.2) is 0 Å². The van der Waals surface area contributed by atoms with Crippen LogP contribution in [0.4, 0.5) is 0 Å². The highest BCUT2D eigenvalue weighted by Crippen LogP contribution is 2.22. The first kappa shape index (κ1) is 17.0. The van der Waals surface area contributed by atoms with E-state index >= 15 is 0 Å².